The summed E-state index contributed by atoms with van der Waals surface area (Å²) in [5.41, 5.74) is -0.605. The number of hydrogen-bond acceptors (Lipinski definition) is 2. The largest absolute Gasteiger partial charge is 0.384 e. The molecule has 1 aromatic carbocycles. The summed E-state index contributed by atoms with van der Waals surface area (Å²) in [6, 6.07) is 8.30. The summed E-state index contributed by atoms with van der Waals surface area (Å²) in [6.45, 7) is 1.21. The van der Waals surface area contributed by atoms with Crippen LogP contribution in [0.1, 0.15) is 18.9 Å². The van der Waals surface area contributed by atoms with Gasteiger partial charge in [-0.1, -0.05) is 30.3 Å². The van der Waals surface area contributed by atoms with Crippen LogP contribution in [0.2, 0.25) is 0 Å². The Bertz CT molecular complexity index is 365. The Morgan fingerprint density at radius 2 is 2.00 bits per heavy atom. The fraction of sp³-hybridized carbons (Fsp3) is 0.500. The topological polar surface area (TPSA) is 32.3 Å². The predicted octanol–water partition coefficient (Wildman–Crippen LogP) is 1.89. The zero-order valence-corrected chi connectivity index (χ0v) is 9.08. The van der Waals surface area contributed by atoms with Crippen LogP contribution >= 0.6 is 0 Å². The molecule has 1 heterocycles. The maximum absolute atomic E-state index is 13.1. The third kappa shape index (κ3) is 2.08. The van der Waals surface area contributed by atoms with Gasteiger partial charge in [-0.2, -0.15) is 0 Å². The second kappa shape index (κ2) is 3.79. The molecule has 0 aliphatic carbocycles. The van der Waals surface area contributed by atoms with Crippen molar-refractivity contribution in [3.63, 3.8) is 0 Å². The van der Waals surface area contributed by atoms with Gasteiger partial charge in [-0.25, -0.2) is 8.78 Å². The lowest BCUT2D eigenvalue weighted by Gasteiger charge is -2.30. The van der Waals surface area contributed by atoms with Gasteiger partial charge >= 0.3 is 0 Å². The molecule has 1 saturated heterocycles. The third-order valence-corrected chi connectivity index (χ3v) is 3.15. The van der Waals surface area contributed by atoms with E-state index in [0.717, 1.165) is 0 Å². The van der Waals surface area contributed by atoms with Crippen LogP contribution in [0.5, 0.6) is 0 Å². The van der Waals surface area contributed by atoms with E-state index >= 15 is 0 Å². The number of benzene rings is 1. The van der Waals surface area contributed by atoms with Crippen LogP contribution in [0.25, 0.3) is 0 Å². The highest BCUT2D eigenvalue weighted by atomic mass is 19.3. The van der Waals surface area contributed by atoms with Crippen molar-refractivity contribution in [3.05, 3.63) is 35.9 Å². The first-order valence-electron chi connectivity index (χ1n) is 5.31. The molecular weight excluding hydrogens is 212 g/mol. The maximum Gasteiger partial charge on any atom is 0.261 e. The van der Waals surface area contributed by atoms with Crippen molar-refractivity contribution in [2.24, 2.45) is 0 Å². The van der Waals surface area contributed by atoms with E-state index < -0.39 is 17.6 Å². The van der Waals surface area contributed by atoms with Crippen LogP contribution in [-0.4, -0.2) is 23.6 Å². The summed E-state index contributed by atoms with van der Waals surface area (Å²) in [6.07, 6.45) is -0.325. The van der Waals surface area contributed by atoms with Crippen LogP contribution in [0, 0.1) is 0 Å². The molecule has 0 radical (unpaired) electrons. The van der Waals surface area contributed by atoms with Gasteiger partial charge in [-0.05, 0) is 12.5 Å². The molecule has 2 rings (SSSR count). The van der Waals surface area contributed by atoms with E-state index in [9.17, 15) is 13.9 Å². The lowest BCUT2D eigenvalue weighted by Crippen LogP contribution is -2.42. The number of alkyl halides is 2. The van der Waals surface area contributed by atoms with Gasteiger partial charge in [0.05, 0.1) is 6.54 Å². The Morgan fingerprint density at radius 1 is 1.38 bits per heavy atom. The first-order valence-corrected chi connectivity index (χ1v) is 5.31. The number of hydrogen-bond donors (Lipinski definition) is 2. The standard InChI is InChI=1S/C12H15F2NO/c1-11(16,9-5-3-2-4-6-9)10-7-12(13,14)8-15-10/h2-6,10,15-16H,7-8H2,1H3/t10-,11?/m0/s1. The van der Waals surface area contributed by atoms with Crippen LogP contribution in [-0.2, 0) is 5.60 Å². The zero-order chi connectivity index (χ0) is 11.8. The maximum atomic E-state index is 13.1. The molecule has 2 nitrogen and oxygen atoms in total. The number of nitrogens with one attached hydrogen (secondary N) is 1. The Labute approximate surface area is 93.3 Å². The molecule has 0 aromatic heterocycles. The molecule has 0 bridgehead atoms. The molecule has 1 unspecified atom stereocenters. The molecule has 2 atom stereocenters. The minimum atomic E-state index is -2.72. The number of halogens is 2. The van der Waals surface area contributed by atoms with Crippen LogP contribution in [0.3, 0.4) is 0 Å². The average Bonchev–Trinajstić information content (AvgIpc) is 2.61. The van der Waals surface area contributed by atoms with Gasteiger partial charge in [0, 0.05) is 12.5 Å². The average molecular weight is 227 g/mol. The molecule has 1 fully saturated rings. The van der Waals surface area contributed by atoms with E-state index in [1.807, 2.05) is 6.07 Å². The summed E-state index contributed by atoms with van der Waals surface area (Å²) in [4.78, 5) is 0. The van der Waals surface area contributed by atoms with Crippen molar-refractivity contribution < 1.29 is 13.9 Å². The molecule has 88 valence electrons. The monoisotopic (exact) mass is 227 g/mol. The Morgan fingerprint density at radius 3 is 2.50 bits per heavy atom. The molecule has 0 spiro atoms. The fourth-order valence-corrected chi connectivity index (χ4v) is 2.09. The minimum Gasteiger partial charge on any atom is -0.384 e. The summed E-state index contributed by atoms with van der Waals surface area (Å²) < 4.78 is 26.1. The van der Waals surface area contributed by atoms with Gasteiger partial charge in [0.25, 0.3) is 5.92 Å². The fourth-order valence-electron chi connectivity index (χ4n) is 2.09. The van der Waals surface area contributed by atoms with Gasteiger partial charge in [-0.3, -0.25) is 0 Å². The lowest BCUT2D eigenvalue weighted by molar-refractivity contribution is -0.0116. The lowest BCUT2D eigenvalue weighted by atomic mass is 9.87. The summed E-state index contributed by atoms with van der Waals surface area (Å²) in [5.74, 6) is -2.72. The van der Waals surface area contributed by atoms with E-state index in [2.05, 4.69) is 5.32 Å². The van der Waals surface area contributed by atoms with E-state index in [-0.39, 0.29) is 13.0 Å². The van der Waals surface area contributed by atoms with Gasteiger partial charge < -0.3 is 10.4 Å². The van der Waals surface area contributed by atoms with Crippen molar-refractivity contribution in [1.29, 1.82) is 0 Å². The van der Waals surface area contributed by atoms with Crippen molar-refractivity contribution in [2.75, 3.05) is 6.54 Å². The first-order chi connectivity index (χ1) is 7.42. The van der Waals surface area contributed by atoms with Gasteiger partial charge in [-0.15, -0.1) is 0 Å². The molecular formula is C12H15F2NO. The molecule has 4 heteroatoms. The summed E-state index contributed by atoms with van der Waals surface area (Å²) in [5, 5.41) is 13.0. The predicted molar refractivity (Wildman–Crippen MR) is 57.4 cm³/mol. The summed E-state index contributed by atoms with van der Waals surface area (Å²) >= 11 is 0. The molecule has 1 aliphatic heterocycles. The molecule has 16 heavy (non-hydrogen) atoms. The quantitative estimate of drug-likeness (QED) is 0.808. The van der Waals surface area contributed by atoms with Gasteiger partial charge in [0.1, 0.15) is 5.60 Å². The van der Waals surface area contributed by atoms with E-state index in [1.165, 1.54) is 0 Å². The first kappa shape index (κ1) is 11.5. The van der Waals surface area contributed by atoms with Crippen LogP contribution in [0.4, 0.5) is 8.78 Å². The molecule has 1 aromatic rings. The molecule has 0 amide bonds. The smallest absolute Gasteiger partial charge is 0.261 e. The zero-order valence-electron chi connectivity index (χ0n) is 9.08. The van der Waals surface area contributed by atoms with E-state index in [0.29, 0.717) is 5.56 Å². The SMILES string of the molecule is CC(O)(c1ccccc1)[C@@H]1CC(F)(F)CN1. The Kier molecular flexibility index (Phi) is 2.72. The van der Waals surface area contributed by atoms with Crippen molar-refractivity contribution in [3.8, 4) is 0 Å². The Balaban J connectivity index is 2.21. The second-order valence-electron chi connectivity index (χ2n) is 4.51. The van der Waals surface area contributed by atoms with Crippen molar-refractivity contribution >= 4 is 0 Å². The van der Waals surface area contributed by atoms with Crippen molar-refractivity contribution in [2.45, 2.75) is 30.9 Å². The van der Waals surface area contributed by atoms with Crippen molar-refractivity contribution in [1.82, 2.24) is 5.32 Å². The highest BCUT2D eigenvalue weighted by molar-refractivity contribution is 5.24. The Hall–Kier alpha value is -1.00. The van der Waals surface area contributed by atoms with Gasteiger partial charge in [0.15, 0.2) is 0 Å². The van der Waals surface area contributed by atoms with Gasteiger partial charge in [0.2, 0.25) is 0 Å². The molecule has 2 N–H and O–H groups in total. The normalized spacial score (nSPS) is 27.6. The highest BCUT2D eigenvalue weighted by Gasteiger charge is 2.47. The highest BCUT2D eigenvalue weighted by Crippen LogP contribution is 2.35. The van der Waals surface area contributed by atoms with Crippen LogP contribution < -0.4 is 5.32 Å². The van der Waals surface area contributed by atoms with E-state index in [1.54, 1.807) is 31.2 Å². The van der Waals surface area contributed by atoms with E-state index in [4.69, 9.17) is 0 Å². The second-order valence-corrected chi connectivity index (χ2v) is 4.51. The minimum absolute atomic E-state index is 0.325. The number of rotatable bonds is 2. The molecule has 0 saturated carbocycles. The summed E-state index contributed by atoms with van der Waals surface area (Å²) in [7, 11) is 0. The molecule has 1 aliphatic rings. The third-order valence-electron chi connectivity index (χ3n) is 3.15. The number of aliphatic hydroxyl groups is 1. The van der Waals surface area contributed by atoms with Crippen LogP contribution in [0.15, 0.2) is 30.3 Å².